The Hall–Kier alpha value is -0.330. The minimum atomic E-state index is -4.53. The average molecular weight is 296 g/mol. The summed E-state index contributed by atoms with van der Waals surface area (Å²) in [6.45, 7) is 10.1. The topological polar surface area (TPSA) is 24.5 Å². The third-order valence-corrected chi connectivity index (χ3v) is 4.12. The minimum absolute atomic E-state index is 0.0948. The molecule has 1 fully saturated rings. The van der Waals surface area contributed by atoms with Gasteiger partial charge >= 0.3 is 6.36 Å². The SMILES string of the molecule is CCC1(C)CNC(CC(C)C)CN1CCOC(F)(F)F. The van der Waals surface area contributed by atoms with Crippen molar-refractivity contribution in [1.82, 2.24) is 10.2 Å². The van der Waals surface area contributed by atoms with Gasteiger partial charge in [0.05, 0.1) is 6.61 Å². The van der Waals surface area contributed by atoms with Crippen LogP contribution < -0.4 is 5.32 Å². The molecule has 0 radical (unpaired) electrons. The summed E-state index contributed by atoms with van der Waals surface area (Å²) < 4.78 is 40.2. The molecule has 0 aromatic carbocycles. The molecule has 1 aliphatic heterocycles. The fraction of sp³-hybridized carbons (Fsp3) is 1.00. The van der Waals surface area contributed by atoms with Gasteiger partial charge in [0.25, 0.3) is 0 Å². The highest BCUT2D eigenvalue weighted by molar-refractivity contribution is 4.95. The number of nitrogens with zero attached hydrogens (tertiary/aromatic N) is 1. The second kappa shape index (κ2) is 7.09. The molecule has 2 unspecified atom stereocenters. The Labute approximate surface area is 119 Å². The van der Waals surface area contributed by atoms with Gasteiger partial charge in [0.2, 0.25) is 0 Å². The Bertz CT molecular complexity index is 297. The highest BCUT2D eigenvalue weighted by Crippen LogP contribution is 2.25. The Balaban J connectivity index is 2.55. The number of rotatable bonds is 6. The largest absolute Gasteiger partial charge is 0.522 e. The molecule has 1 N–H and O–H groups in total. The highest BCUT2D eigenvalue weighted by Gasteiger charge is 2.37. The summed E-state index contributed by atoms with van der Waals surface area (Å²) in [5.41, 5.74) is -0.0948. The Morgan fingerprint density at radius 3 is 2.55 bits per heavy atom. The molecule has 0 bridgehead atoms. The van der Waals surface area contributed by atoms with Crippen LogP contribution in [0, 0.1) is 5.92 Å². The second-order valence-corrected chi connectivity index (χ2v) is 6.30. The molecule has 1 aliphatic rings. The van der Waals surface area contributed by atoms with Crippen LogP contribution in [0.2, 0.25) is 0 Å². The molecule has 120 valence electrons. The van der Waals surface area contributed by atoms with Gasteiger partial charge < -0.3 is 5.32 Å². The van der Waals surface area contributed by atoms with Gasteiger partial charge in [-0.15, -0.1) is 13.2 Å². The van der Waals surface area contributed by atoms with Crippen molar-refractivity contribution in [2.45, 2.75) is 58.5 Å². The van der Waals surface area contributed by atoms with Crippen LogP contribution in [0.4, 0.5) is 13.2 Å². The second-order valence-electron chi connectivity index (χ2n) is 6.30. The van der Waals surface area contributed by atoms with Gasteiger partial charge in [-0.25, -0.2) is 0 Å². The van der Waals surface area contributed by atoms with Crippen molar-refractivity contribution >= 4 is 0 Å². The van der Waals surface area contributed by atoms with Gasteiger partial charge in [0.15, 0.2) is 0 Å². The van der Waals surface area contributed by atoms with Crippen LogP contribution in [-0.4, -0.2) is 49.1 Å². The number of halogens is 3. The predicted octanol–water partition coefficient (Wildman–Crippen LogP) is 3.01. The molecule has 1 rings (SSSR count). The molecular weight excluding hydrogens is 269 g/mol. The Morgan fingerprint density at radius 2 is 2.05 bits per heavy atom. The summed E-state index contributed by atoms with van der Waals surface area (Å²) in [7, 11) is 0. The number of alkyl halides is 3. The van der Waals surface area contributed by atoms with Crippen molar-refractivity contribution in [3.63, 3.8) is 0 Å². The molecule has 1 heterocycles. The molecule has 0 aromatic heterocycles. The highest BCUT2D eigenvalue weighted by atomic mass is 19.4. The molecule has 0 saturated carbocycles. The fourth-order valence-electron chi connectivity index (χ4n) is 2.74. The quantitative estimate of drug-likeness (QED) is 0.815. The summed E-state index contributed by atoms with van der Waals surface area (Å²) in [5, 5.41) is 3.52. The molecule has 0 aliphatic carbocycles. The molecule has 1 saturated heterocycles. The van der Waals surface area contributed by atoms with Crippen molar-refractivity contribution in [3.05, 3.63) is 0 Å². The van der Waals surface area contributed by atoms with E-state index in [0.717, 1.165) is 25.9 Å². The molecule has 0 aromatic rings. The first-order chi connectivity index (χ1) is 9.16. The van der Waals surface area contributed by atoms with E-state index >= 15 is 0 Å². The summed E-state index contributed by atoms with van der Waals surface area (Å²) in [5.74, 6) is 0.576. The van der Waals surface area contributed by atoms with Gasteiger partial charge in [-0.1, -0.05) is 20.8 Å². The number of ether oxygens (including phenoxy) is 1. The maximum Gasteiger partial charge on any atom is 0.522 e. The van der Waals surface area contributed by atoms with Crippen LogP contribution in [0.3, 0.4) is 0 Å². The van der Waals surface area contributed by atoms with Crippen molar-refractivity contribution in [2.75, 3.05) is 26.2 Å². The normalized spacial score (nSPS) is 29.1. The van der Waals surface area contributed by atoms with Crippen LogP contribution in [0.15, 0.2) is 0 Å². The van der Waals surface area contributed by atoms with E-state index in [1.807, 2.05) is 0 Å². The smallest absolute Gasteiger partial charge is 0.311 e. The molecule has 0 amide bonds. The third kappa shape index (κ3) is 5.58. The molecule has 20 heavy (non-hydrogen) atoms. The van der Waals surface area contributed by atoms with Crippen molar-refractivity contribution < 1.29 is 17.9 Å². The first kappa shape index (κ1) is 17.7. The molecule has 2 atom stereocenters. The van der Waals surface area contributed by atoms with Gasteiger partial charge in [-0.2, -0.15) is 0 Å². The lowest BCUT2D eigenvalue weighted by Crippen LogP contribution is -2.63. The lowest BCUT2D eigenvalue weighted by molar-refractivity contribution is -0.325. The maximum atomic E-state index is 12.1. The lowest BCUT2D eigenvalue weighted by Gasteiger charge is -2.48. The summed E-state index contributed by atoms with van der Waals surface area (Å²) in [4.78, 5) is 2.14. The molecule has 3 nitrogen and oxygen atoms in total. The zero-order valence-corrected chi connectivity index (χ0v) is 12.9. The van der Waals surface area contributed by atoms with Crippen LogP contribution in [0.25, 0.3) is 0 Å². The summed E-state index contributed by atoms with van der Waals surface area (Å²) in [6.07, 6.45) is -2.59. The third-order valence-electron chi connectivity index (χ3n) is 4.12. The van der Waals surface area contributed by atoms with Gasteiger partial charge in [0, 0.05) is 31.2 Å². The van der Waals surface area contributed by atoms with Crippen LogP contribution in [0.1, 0.15) is 40.5 Å². The molecule has 0 spiro atoms. The van der Waals surface area contributed by atoms with Crippen LogP contribution in [-0.2, 0) is 4.74 Å². The van der Waals surface area contributed by atoms with Crippen LogP contribution in [0.5, 0.6) is 0 Å². The number of hydrogen-bond acceptors (Lipinski definition) is 3. The van der Waals surface area contributed by atoms with E-state index in [1.165, 1.54) is 0 Å². The summed E-state index contributed by atoms with van der Waals surface area (Å²) >= 11 is 0. The zero-order chi connectivity index (χ0) is 15.4. The predicted molar refractivity (Wildman–Crippen MR) is 73.5 cm³/mol. The minimum Gasteiger partial charge on any atom is -0.311 e. The fourth-order valence-corrected chi connectivity index (χ4v) is 2.74. The van der Waals surface area contributed by atoms with Crippen LogP contribution >= 0.6 is 0 Å². The van der Waals surface area contributed by atoms with Gasteiger partial charge in [0.1, 0.15) is 0 Å². The van der Waals surface area contributed by atoms with Gasteiger partial charge in [-0.05, 0) is 25.7 Å². The monoisotopic (exact) mass is 296 g/mol. The summed E-state index contributed by atoms with van der Waals surface area (Å²) in [6, 6.07) is 0.348. The number of piperazine rings is 1. The Kier molecular flexibility index (Phi) is 6.28. The Morgan fingerprint density at radius 1 is 1.40 bits per heavy atom. The maximum absolute atomic E-state index is 12.1. The van der Waals surface area contributed by atoms with E-state index in [2.05, 4.69) is 42.6 Å². The number of hydrogen-bond donors (Lipinski definition) is 1. The van der Waals surface area contributed by atoms with Gasteiger partial charge in [-0.3, -0.25) is 9.64 Å². The van der Waals surface area contributed by atoms with Crippen molar-refractivity contribution in [1.29, 1.82) is 0 Å². The van der Waals surface area contributed by atoms with E-state index in [9.17, 15) is 13.2 Å². The van der Waals surface area contributed by atoms with E-state index in [1.54, 1.807) is 0 Å². The first-order valence-electron chi connectivity index (χ1n) is 7.35. The molecule has 6 heteroatoms. The van der Waals surface area contributed by atoms with E-state index in [-0.39, 0.29) is 12.1 Å². The standard InChI is InChI=1S/C14H27F3N2O/c1-5-13(4)10-18-12(8-11(2)3)9-19(13)6-7-20-14(15,16)17/h11-12,18H,5-10H2,1-4H3. The van der Waals surface area contributed by atoms with E-state index in [0.29, 0.717) is 18.5 Å². The molecular formula is C14H27F3N2O. The average Bonchev–Trinajstić information content (AvgIpc) is 2.31. The first-order valence-corrected chi connectivity index (χ1v) is 7.35. The lowest BCUT2D eigenvalue weighted by atomic mass is 9.90. The van der Waals surface area contributed by atoms with Crippen molar-refractivity contribution in [3.8, 4) is 0 Å². The van der Waals surface area contributed by atoms with Crippen molar-refractivity contribution in [2.24, 2.45) is 5.92 Å². The zero-order valence-electron chi connectivity index (χ0n) is 12.9. The van der Waals surface area contributed by atoms with E-state index in [4.69, 9.17) is 0 Å². The van der Waals surface area contributed by atoms with E-state index < -0.39 is 6.36 Å². The number of nitrogens with one attached hydrogen (secondary N) is 1.